The van der Waals surface area contributed by atoms with E-state index in [0.29, 0.717) is 12.3 Å². The van der Waals surface area contributed by atoms with Crippen molar-refractivity contribution < 1.29 is 23.6 Å². The van der Waals surface area contributed by atoms with Crippen molar-refractivity contribution in [2.75, 3.05) is 13.2 Å². The molecule has 0 spiro atoms. The van der Waals surface area contributed by atoms with Crippen LogP contribution in [0.5, 0.6) is 0 Å². The van der Waals surface area contributed by atoms with Gasteiger partial charge >= 0.3 is 12.1 Å². The van der Waals surface area contributed by atoms with E-state index in [4.69, 9.17) is 14.0 Å². The molecule has 1 aromatic heterocycles. The SMILES string of the molecule is CCOC(=O)c1cc([C@@H]2CC[C@@H](CC)N(C(=O)OC(C)(C)C)C2)on1. The van der Waals surface area contributed by atoms with Crippen LogP contribution in [0.25, 0.3) is 0 Å². The molecule has 25 heavy (non-hydrogen) atoms. The Hall–Kier alpha value is -2.05. The zero-order chi connectivity index (χ0) is 18.6. The third kappa shape index (κ3) is 4.96. The van der Waals surface area contributed by atoms with Crippen LogP contribution in [0, 0.1) is 0 Å². The van der Waals surface area contributed by atoms with Crippen molar-refractivity contribution in [1.82, 2.24) is 10.1 Å². The molecule has 0 aliphatic carbocycles. The summed E-state index contributed by atoms with van der Waals surface area (Å²) in [5.74, 6) is 0.0981. The highest BCUT2D eigenvalue weighted by Crippen LogP contribution is 2.32. The molecule has 2 atom stereocenters. The average Bonchev–Trinajstić information content (AvgIpc) is 3.03. The highest BCUT2D eigenvalue weighted by molar-refractivity contribution is 5.87. The third-order valence-electron chi connectivity index (χ3n) is 4.22. The van der Waals surface area contributed by atoms with Gasteiger partial charge in [0.1, 0.15) is 11.4 Å². The first-order valence-corrected chi connectivity index (χ1v) is 8.88. The van der Waals surface area contributed by atoms with Gasteiger partial charge in [0.25, 0.3) is 0 Å². The van der Waals surface area contributed by atoms with Crippen LogP contribution in [0.1, 0.15) is 76.0 Å². The second kappa shape index (κ2) is 7.89. The lowest BCUT2D eigenvalue weighted by atomic mass is 9.90. The molecule has 1 aromatic rings. The van der Waals surface area contributed by atoms with Gasteiger partial charge < -0.3 is 18.9 Å². The number of hydrogen-bond donors (Lipinski definition) is 0. The molecule has 0 aromatic carbocycles. The van der Waals surface area contributed by atoms with Crippen LogP contribution in [0.4, 0.5) is 4.79 Å². The largest absolute Gasteiger partial charge is 0.461 e. The minimum atomic E-state index is -0.536. The average molecular weight is 352 g/mol. The third-order valence-corrected chi connectivity index (χ3v) is 4.22. The number of likely N-dealkylation sites (tertiary alicyclic amines) is 1. The van der Waals surface area contributed by atoms with Crippen molar-refractivity contribution >= 4 is 12.1 Å². The predicted molar refractivity (Wildman–Crippen MR) is 91.5 cm³/mol. The monoisotopic (exact) mass is 352 g/mol. The standard InChI is InChI=1S/C18H28N2O5/c1-6-13-9-8-12(11-20(13)17(22)24-18(3,4)5)15-10-14(19-25-15)16(21)23-7-2/h10,12-13H,6-9,11H2,1-5H3/t12-,13-/m1/s1. The quantitative estimate of drug-likeness (QED) is 0.768. The maximum atomic E-state index is 12.5. The summed E-state index contributed by atoms with van der Waals surface area (Å²) < 4.78 is 15.8. The van der Waals surface area contributed by atoms with E-state index in [2.05, 4.69) is 12.1 Å². The Labute approximate surface area is 148 Å². The fourth-order valence-corrected chi connectivity index (χ4v) is 3.01. The van der Waals surface area contributed by atoms with Crippen molar-refractivity contribution in [1.29, 1.82) is 0 Å². The lowest BCUT2D eigenvalue weighted by molar-refractivity contribution is 0.00586. The lowest BCUT2D eigenvalue weighted by Crippen LogP contribution is -2.48. The van der Waals surface area contributed by atoms with Gasteiger partial charge in [-0.3, -0.25) is 0 Å². The summed E-state index contributed by atoms with van der Waals surface area (Å²) in [6.07, 6.45) is 2.29. The fourth-order valence-electron chi connectivity index (χ4n) is 3.01. The Morgan fingerprint density at radius 1 is 1.32 bits per heavy atom. The van der Waals surface area contributed by atoms with Crippen molar-refractivity contribution in [3.05, 3.63) is 17.5 Å². The Morgan fingerprint density at radius 2 is 2.04 bits per heavy atom. The molecule has 0 saturated carbocycles. The van der Waals surface area contributed by atoms with Crippen molar-refractivity contribution in [3.63, 3.8) is 0 Å². The molecular formula is C18H28N2O5. The zero-order valence-electron chi connectivity index (χ0n) is 15.7. The topological polar surface area (TPSA) is 81.9 Å². The Morgan fingerprint density at radius 3 is 2.64 bits per heavy atom. The Balaban J connectivity index is 2.11. The van der Waals surface area contributed by atoms with Gasteiger partial charge in [0.2, 0.25) is 0 Å². The summed E-state index contributed by atoms with van der Waals surface area (Å²) in [6, 6.07) is 1.76. The second-order valence-corrected chi connectivity index (χ2v) is 7.30. The number of hydrogen-bond acceptors (Lipinski definition) is 6. The van der Waals surface area contributed by atoms with Crippen LogP contribution in [0.2, 0.25) is 0 Å². The number of piperidine rings is 1. The maximum Gasteiger partial charge on any atom is 0.410 e. The highest BCUT2D eigenvalue weighted by Gasteiger charge is 2.35. The van der Waals surface area contributed by atoms with E-state index >= 15 is 0 Å². The molecule has 7 nitrogen and oxygen atoms in total. The molecule has 1 aliphatic heterocycles. The number of esters is 1. The molecule has 7 heteroatoms. The summed E-state index contributed by atoms with van der Waals surface area (Å²) >= 11 is 0. The van der Waals surface area contributed by atoms with Crippen LogP contribution in [0.3, 0.4) is 0 Å². The van der Waals surface area contributed by atoms with E-state index in [9.17, 15) is 9.59 Å². The van der Waals surface area contributed by atoms with Crippen LogP contribution in [-0.2, 0) is 9.47 Å². The Bertz CT molecular complexity index is 605. The molecule has 1 aliphatic rings. The first-order valence-electron chi connectivity index (χ1n) is 8.88. The smallest absolute Gasteiger partial charge is 0.410 e. The molecular weight excluding hydrogens is 324 g/mol. The number of rotatable bonds is 4. The summed E-state index contributed by atoms with van der Waals surface area (Å²) in [5, 5.41) is 3.79. The number of carbonyl (C=O) groups is 2. The number of carbonyl (C=O) groups excluding carboxylic acids is 2. The second-order valence-electron chi connectivity index (χ2n) is 7.30. The first-order chi connectivity index (χ1) is 11.7. The van der Waals surface area contributed by atoms with E-state index in [1.807, 2.05) is 20.8 Å². The summed E-state index contributed by atoms with van der Waals surface area (Å²) in [5.41, 5.74) is -0.371. The van der Waals surface area contributed by atoms with Crippen molar-refractivity contribution in [3.8, 4) is 0 Å². The van der Waals surface area contributed by atoms with E-state index in [1.54, 1.807) is 17.9 Å². The maximum absolute atomic E-state index is 12.5. The molecule has 140 valence electrons. The summed E-state index contributed by atoms with van der Waals surface area (Å²) in [6.45, 7) is 10.2. The molecule has 1 fully saturated rings. The van der Waals surface area contributed by atoms with Gasteiger partial charge in [0.15, 0.2) is 5.69 Å². The minimum Gasteiger partial charge on any atom is -0.461 e. The number of amides is 1. The Kier molecular flexibility index (Phi) is 6.08. The van der Waals surface area contributed by atoms with Crippen molar-refractivity contribution in [2.45, 2.75) is 71.4 Å². The first kappa shape index (κ1) is 19.3. The van der Waals surface area contributed by atoms with Crippen LogP contribution < -0.4 is 0 Å². The van der Waals surface area contributed by atoms with Gasteiger partial charge in [0, 0.05) is 24.6 Å². The normalized spacial score (nSPS) is 21.1. The highest BCUT2D eigenvalue weighted by atomic mass is 16.6. The van der Waals surface area contributed by atoms with E-state index in [-0.39, 0.29) is 30.4 Å². The summed E-state index contributed by atoms with van der Waals surface area (Å²) in [7, 11) is 0. The lowest BCUT2D eigenvalue weighted by Gasteiger charge is -2.39. The minimum absolute atomic E-state index is 0.00834. The van der Waals surface area contributed by atoms with Gasteiger partial charge in [0.05, 0.1) is 6.61 Å². The van der Waals surface area contributed by atoms with E-state index in [1.165, 1.54) is 0 Å². The van der Waals surface area contributed by atoms with Crippen LogP contribution in [-0.4, -0.2) is 46.9 Å². The molecule has 1 amide bonds. The van der Waals surface area contributed by atoms with Crippen molar-refractivity contribution in [2.24, 2.45) is 0 Å². The van der Waals surface area contributed by atoms with Crippen LogP contribution >= 0.6 is 0 Å². The number of aromatic nitrogens is 1. The zero-order valence-corrected chi connectivity index (χ0v) is 15.7. The van der Waals surface area contributed by atoms with Crippen LogP contribution in [0.15, 0.2) is 10.6 Å². The molecule has 0 bridgehead atoms. The fraction of sp³-hybridized carbons (Fsp3) is 0.722. The van der Waals surface area contributed by atoms with Gasteiger partial charge in [-0.25, -0.2) is 9.59 Å². The number of nitrogens with zero attached hydrogens (tertiary/aromatic N) is 2. The molecule has 0 N–H and O–H groups in total. The van der Waals surface area contributed by atoms with Gasteiger partial charge in [-0.05, 0) is 47.0 Å². The molecule has 1 saturated heterocycles. The van der Waals surface area contributed by atoms with Gasteiger partial charge in [-0.2, -0.15) is 0 Å². The molecule has 0 unspecified atom stereocenters. The summed E-state index contributed by atoms with van der Waals surface area (Å²) in [4.78, 5) is 26.1. The number of ether oxygens (including phenoxy) is 2. The molecule has 2 heterocycles. The van der Waals surface area contributed by atoms with E-state index < -0.39 is 11.6 Å². The van der Waals surface area contributed by atoms with Gasteiger partial charge in [-0.1, -0.05) is 12.1 Å². The van der Waals surface area contributed by atoms with Gasteiger partial charge in [-0.15, -0.1) is 0 Å². The predicted octanol–water partition coefficient (Wildman–Crippen LogP) is 3.74. The molecule has 2 rings (SSSR count). The van der Waals surface area contributed by atoms with E-state index in [0.717, 1.165) is 19.3 Å². The molecule has 0 radical (unpaired) electrons.